The van der Waals surface area contributed by atoms with Crippen LogP contribution in [-0.2, 0) is 9.53 Å². The van der Waals surface area contributed by atoms with Crippen LogP contribution in [0.4, 0.5) is 0 Å². The minimum absolute atomic E-state index is 0.00429. The highest BCUT2D eigenvalue weighted by molar-refractivity contribution is 7.12. The molecule has 1 N–H and O–H groups in total. The zero-order valence-electron chi connectivity index (χ0n) is 15.0. The summed E-state index contributed by atoms with van der Waals surface area (Å²) in [5.74, 6) is -0.189. The first-order valence-electron chi connectivity index (χ1n) is 8.94. The van der Waals surface area contributed by atoms with Crippen LogP contribution in [0.15, 0.2) is 17.5 Å². The van der Waals surface area contributed by atoms with Crippen LogP contribution >= 0.6 is 11.3 Å². The van der Waals surface area contributed by atoms with Gasteiger partial charge in [0.1, 0.15) is 5.54 Å². The van der Waals surface area contributed by atoms with Crippen molar-refractivity contribution in [1.29, 1.82) is 0 Å². The number of rotatable bonds is 4. The lowest BCUT2D eigenvalue weighted by atomic mass is 9.98. The molecule has 0 spiro atoms. The van der Waals surface area contributed by atoms with Gasteiger partial charge in [0.05, 0.1) is 18.1 Å². The van der Waals surface area contributed by atoms with E-state index in [0.29, 0.717) is 10.9 Å². The van der Waals surface area contributed by atoms with Gasteiger partial charge < -0.3 is 15.0 Å². The predicted molar refractivity (Wildman–Crippen MR) is 97.9 cm³/mol. The van der Waals surface area contributed by atoms with E-state index in [1.807, 2.05) is 16.3 Å². The zero-order valence-corrected chi connectivity index (χ0v) is 15.8. The molecule has 2 aliphatic heterocycles. The van der Waals surface area contributed by atoms with Crippen molar-refractivity contribution in [3.63, 3.8) is 0 Å². The molecule has 2 amide bonds. The molecule has 2 aliphatic rings. The summed E-state index contributed by atoms with van der Waals surface area (Å²) in [6.07, 6.45) is 2.12. The van der Waals surface area contributed by atoms with E-state index in [9.17, 15) is 9.59 Å². The van der Waals surface area contributed by atoms with Gasteiger partial charge in [0, 0.05) is 32.2 Å². The minimum atomic E-state index is -0.909. The van der Waals surface area contributed by atoms with Gasteiger partial charge in [0.2, 0.25) is 5.91 Å². The summed E-state index contributed by atoms with van der Waals surface area (Å²) < 4.78 is 5.43. The Hall–Kier alpha value is -1.44. The van der Waals surface area contributed by atoms with Gasteiger partial charge in [-0.2, -0.15) is 0 Å². The van der Waals surface area contributed by atoms with E-state index in [1.54, 1.807) is 19.9 Å². The number of hydrogen-bond donors (Lipinski definition) is 1. The van der Waals surface area contributed by atoms with Gasteiger partial charge in [-0.05, 0) is 38.1 Å². The Labute approximate surface area is 153 Å². The number of hydrogen-bond acceptors (Lipinski definition) is 5. The maximum Gasteiger partial charge on any atom is 0.262 e. The monoisotopic (exact) mass is 365 g/mol. The molecule has 6 nitrogen and oxygen atoms in total. The molecule has 1 atom stereocenters. The number of morpholine rings is 1. The van der Waals surface area contributed by atoms with Gasteiger partial charge in [-0.25, -0.2) is 0 Å². The van der Waals surface area contributed by atoms with Gasteiger partial charge in [0.15, 0.2) is 0 Å². The molecule has 1 aromatic rings. The van der Waals surface area contributed by atoms with Crippen molar-refractivity contribution in [3.05, 3.63) is 22.4 Å². The van der Waals surface area contributed by atoms with Crippen LogP contribution in [0.1, 0.15) is 36.4 Å². The molecule has 138 valence electrons. The highest BCUT2D eigenvalue weighted by Gasteiger charge is 2.37. The number of amides is 2. The highest BCUT2D eigenvalue weighted by atomic mass is 32.1. The summed E-state index contributed by atoms with van der Waals surface area (Å²) in [6.45, 7) is 8.49. The summed E-state index contributed by atoms with van der Waals surface area (Å²) >= 11 is 1.38. The number of thiophene rings is 1. The topological polar surface area (TPSA) is 61.9 Å². The van der Waals surface area contributed by atoms with Gasteiger partial charge in [-0.3, -0.25) is 14.5 Å². The molecule has 7 heteroatoms. The van der Waals surface area contributed by atoms with Gasteiger partial charge in [0.25, 0.3) is 5.91 Å². The maximum atomic E-state index is 13.0. The van der Waals surface area contributed by atoms with Gasteiger partial charge in [-0.15, -0.1) is 11.3 Å². The van der Waals surface area contributed by atoms with E-state index in [0.717, 1.165) is 52.2 Å². The Morgan fingerprint density at radius 3 is 2.72 bits per heavy atom. The van der Waals surface area contributed by atoms with Crippen LogP contribution in [-0.4, -0.2) is 72.6 Å². The quantitative estimate of drug-likeness (QED) is 0.880. The summed E-state index contributed by atoms with van der Waals surface area (Å²) in [7, 11) is 0. The predicted octanol–water partition coefficient (Wildman–Crippen LogP) is 1.58. The fraction of sp³-hybridized carbons (Fsp3) is 0.667. The average molecular weight is 365 g/mol. The molecule has 0 aromatic carbocycles. The van der Waals surface area contributed by atoms with Crippen LogP contribution < -0.4 is 5.32 Å². The molecule has 3 rings (SSSR count). The second-order valence-corrected chi connectivity index (χ2v) is 8.20. The SMILES string of the molecule is CC(C)(NC(=O)c1cccs1)C(=O)N1CCCC(N2CCOCC2)C1. The van der Waals surface area contributed by atoms with E-state index in [1.165, 1.54) is 11.3 Å². The van der Waals surface area contributed by atoms with E-state index in [2.05, 4.69) is 10.2 Å². The number of nitrogens with zero attached hydrogens (tertiary/aromatic N) is 2. The Balaban J connectivity index is 1.61. The van der Waals surface area contributed by atoms with Crippen molar-refractivity contribution in [3.8, 4) is 0 Å². The first-order valence-corrected chi connectivity index (χ1v) is 9.82. The average Bonchev–Trinajstić information content (AvgIpc) is 3.16. The fourth-order valence-electron chi connectivity index (χ4n) is 3.58. The standard InChI is InChI=1S/C18H27N3O3S/c1-18(2,19-16(22)15-6-4-12-25-15)17(23)21-7-3-5-14(13-21)20-8-10-24-11-9-20/h4,6,12,14H,3,5,7-11,13H2,1-2H3,(H,19,22). The lowest BCUT2D eigenvalue weighted by Gasteiger charge is -2.42. The number of carbonyl (C=O) groups excluding carboxylic acids is 2. The smallest absolute Gasteiger partial charge is 0.262 e. The molecule has 3 heterocycles. The Kier molecular flexibility index (Phi) is 5.76. The van der Waals surface area contributed by atoms with Crippen molar-refractivity contribution < 1.29 is 14.3 Å². The summed E-state index contributed by atoms with van der Waals surface area (Å²) in [5, 5.41) is 4.76. The molecule has 1 unspecified atom stereocenters. The molecule has 0 bridgehead atoms. The number of nitrogens with one attached hydrogen (secondary N) is 1. The Morgan fingerprint density at radius 2 is 2.04 bits per heavy atom. The molecular weight excluding hydrogens is 338 g/mol. The number of ether oxygens (including phenoxy) is 1. The third-order valence-electron chi connectivity index (χ3n) is 4.95. The normalized spacial score (nSPS) is 22.6. The van der Waals surface area contributed by atoms with Crippen molar-refractivity contribution in [2.75, 3.05) is 39.4 Å². The lowest BCUT2D eigenvalue weighted by Crippen LogP contribution is -2.60. The second kappa shape index (κ2) is 7.85. The number of likely N-dealkylation sites (tertiary alicyclic amines) is 1. The molecule has 2 saturated heterocycles. The number of piperidine rings is 1. The van der Waals surface area contributed by atoms with Crippen LogP contribution in [0.2, 0.25) is 0 Å². The molecule has 1 aromatic heterocycles. The molecule has 0 saturated carbocycles. The largest absolute Gasteiger partial charge is 0.379 e. The van der Waals surface area contributed by atoms with Crippen LogP contribution in [0.25, 0.3) is 0 Å². The molecular formula is C18H27N3O3S. The van der Waals surface area contributed by atoms with Crippen LogP contribution in [0, 0.1) is 0 Å². The lowest BCUT2D eigenvalue weighted by molar-refractivity contribution is -0.139. The van der Waals surface area contributed by atoms with Crippen LogP contribution in [0.5, 0.6) is 0 Å². The van der Waals surface area contributed by atoms with E-state index in [-0.39, 0.29) is 11.8 Å². The third-order valence-corrected chi connectivity index (χ3v) is 5.82. The molecule has 0 aliphatic carbocycles. The summed E-state index contributed by atoms with van der Waals surface area (Å²) in [6, 6.07) is 4.01. The fourth-order valence-corrected chi connectivity index (χ4v) is 4.20. The van der Waals surface area contributed by atoms with Crippen molar-refractivity contribution in [1.82, 2.24) is 15.1 Å². The maximum absolute atomic E-state index is 13.0. The van der Waals surface area contributed by atoms with Crippen LogP contribution in [0.3, 0.4) is 0 Å². The van der Waals surface area contributed by atoms with Crippen molar-refractivity contribution in [2.45, 2.75) is 38.3 Å². The Morgan fingerprint density at radius 1 is 1.28 bits per heavy atom. The highest BCUT2D eigenvalue weighted by Crippen LogP contribution is 2.20. The number of carbonyl (C=O) groups is 2. The minimum Gasteiger partial charge on any atom is -0.379 e. The zero-order chi connectivity index (χ0) is 17.9. The summed E-state index contributed by atoms with van der Waals surface area (Å²) in [4.78, 5) is 30.3. The molecule has 25 heavy (non-hydrogen) atoms. The van der Waals surface area contributed by atoms with Gasteiger partial charge >= 0.3 is 0 Å². The Bertz CT molecular complexity index is 597. The first-order chi connectivity index (χ1) is 12.0. The van der Waals surface area contributed by atoms with Crippen molar-refractivity contribution in [2.24, 2.45) is 0 Å². The van der Waals surface area contributed by atoms with E-state index >= 15 is 0 Å². The van der Waals surface area contributed by atoms with Crippen molar-refractivity contribution >= 4 is 23.2 Å². The van der Waals surface area contributed by atoms with Gasteiger partial charge in [-0.1, -0.05) is 6.07 Å². The second-order valence-electron chi connectivity index (χ2n) is 7.25. The van der Waals surface area contributed by atoms with E-state index in [4.69, 9.17) is 4.74 Å². The molecule has 0 radical (unpaired) electrons. The molecule has 2 fully saturated rings. The first kappa shape index (κ1) is 18.4. The van der Waals surface area contributed by atoms with E-state index < -0.39 is 5.54 Å². The third kappa shape index (κ3) is 4.40. The summed E-state index contributed by atoms with van der Waals surface area (Å²) in [5.41, 5.74) is -0.909.